The monoisotopic (exact) mass is 301 g/mol. The maximum absolute atomic E-state index is 14.1. The molecule has 0 saturated heterocycles. The Hall–Kier alpha value is -2.33. The zero-order chi connectivity index (χ0) is 14.8. The van der Waals surface area contributed by atoms with E-state index in [2.05, 4.69) is 10.3 Å². The molecule has 0 saturated carbocycles. The van der Waals surface area contributed by atoms with Gasteiger partial charge in [0.2, 0.25) is 0 Å². The number of pyridine rings is 1. The van der Waals surface area contributed by atoms with Crippen molar-refractivity contribution in [3.05, 3.63) is 65.1 Å². The van der Waals surface area contributed by atoms with Crippen LogP contribution in [0.25, 0.3) is 10.9 Å². The molecule has 0 radical (unpaired) electrons. The van der Waals surface area contributed by atoms with Crippen molar-refractivity contribution in [3.63, 3.8) is 0 Å². The molecule has 2 aromatic carbocycles. The zero-order valence-electron chi connectivity index (χ0n) is 11.1. The van der Waals surface area contributed by atoms with Crippen LogP contribution in [0.2, 0.25) is 5.02 Å². The van der Waals surface area contributed by atoms with Gasteiger partial charge in [0.15, 0.2) is 5.82 Å². The molecular weight excluding hydrogens is 289 g/mol. The number of rotatable bonds is 3. The maximum Gasteiger partial charge on any atom is 0.150 e. The lowest BCUT2D eigenvalue weighted by Gasteiger charge is -2.12. The molecule has 0 bridgehead atoms. The molecule has 0 spiro atoms. The van der Waals surface area contributed by atoms with Gasteiger partial charge in [-0.15, -0.1) is 0 Å². The molecule has 3 aromatic rings. The molecular formula is C16H13ClFN3. The van der Waals surface area contributed by atoms with Crippen LogP contribution < -0.4 is 11.1 Å². The average Bonchev–Trinajstić information content (AvgIpc) is 2.49. The van der Waals surface area contributed by atoms with Crippen molar-refractivity contribution >= 4 is 33.9 Å². The van der Waals surface area contributed by atoms with Crippen LogP contribution >= 0.6 is 11.6 Å². The smallest absolute Gasteiger partial charge is 0.150 e. The Morgan fingerprint density at radius 3 is 2.71 bits per heavy atom. The van der Waals surface area contributed by atoms with Gasteiger partial charge in [-0.05, 0) is 35.9 Å². The van der Waals surface area contributed by atoms with Gasteiger partial charge in [0.05, 0.1) is 11.2 Å². The Kier molecular flexibility index (Phi) is 3.62. The van der Waals surface area contributed by atoms with E-state index in [4.69, 9.17) is 17.3 Å². The fourth-order valence-corrected chi connectivity index (χ4v) is 2.32. The summed E-state index contributed by atoms with van der Waals surface area (Å²) in [5.41, 5.74) is 8.10. The van der Waals surface area contributed by atoms with E-state index in [1.807, 2.05) is 18.2 Å². The molecule has 0 unspecified atom stereocenters. The van der Waals surface area contributed by atoms with Crippen LogP contribution in [-0.4, -0.2) is 4.98 Å². The van der Waals surface area contributed by atoms with Crippen LogP contribution in [0.4, 0.5) is 15.8 Å². The standard InChI is InChI=1S/C16H13ClFN3/c17-11-5-3-10(4-6-11)9-21-16-13(18)8-14(19)12-2-1-7-20-15(12)16/h1-8,21H,9,19H2. The molecule has 3 nitrogen and oxygen atoms in total. The fourth-order valence-electron chi connectivity index (χ4n) is 2.20. The second-order valence-corrected chi connectivity index (χ2v) is 5.14. The van der Waals surface area contributed by atoms with Crippen molar-refractivity contribution in [3.8, 4) is 0 Å². The predicted octanol–water partition coefficient (Wildman–Crippen LogP) is 4.22. The van der Waals surface area contributed by atoms with Crippen molar-refractivity contribution < 1.29 is 4.39 Å². The zero-order valence-corrected chi connectivity index (χ0v) is 11.9. The number of benzene rings is 2. The Labute approximate surface area is 126 Å². The van der Waals surface area contributed by atoms with Gasteiger partial charge < -0.3 is 11.1 Å². The van der Waals surface area contributed by atoms with E-state index in [9.17, 15) is 4.39 Å². The van der Waals surface area contributed by atoms with Gasteiger partial charge in [-0.25, -0.2) is 4.39 Å². The number of hydrogen-bond acceptors (Lipinski definition) is 3. The number of aromatic nitrogens is 1. The molecule has 1 heterocycles. The Morgan fingerprint density at radius 2 is 1.95 bits per heavy atom. The number of fused-ring (bicyclic) bond motifs is 1. The number of anilines is 2. The molecule has 0 amide bonds. The highest BCUT2D eigenvalue weighted by atomic mass is 35.5. The summed E-state index contributed by atoms with van der Waals surface area (Å²) in [7, 11) is 0. The minimum atomic E-state index is -0.410. The van der Waals surface area contributed by atoms with Crippen molar-refractivity contribution in [1.29, 1.82) is 0 Å². The number of nitrogen functional groups attached to an aromatic ring is 1. The summed E-state index contributed by atoms with van der Waals surface area (Å²) in [6.07, 6.45) is 1.62. The van der Waals surface area contributed by atoms with Crippen LogP contribution in [0.5, 0.6) is 0 Å². The molecule has 0 atom stereocenters. The third-order valence-corrected chi connectivity index (χ3v) is 3.51. The summed E-state index contributed by atoms with van der Waals surface area (Å²) in [5.74, 6) is -0.410. The summed E-state index contributed by atoms with van der Waals surface area (Å²) in [4.78, 5) is 4.23. The molecule has 0 aliphatic rings. The SMILES string of the molecule is Nc1cc(F)c(NCc2ccc(Cl)cc2)c2ncccc12. The minimum Gasteiger partial charge on any atom is -0.398 e. The number of nitrogens with one attached hydrogen (secondary N) is 1. The highest BCUT2D eigenvalue weighted by Crippen LogP contribution is 2.29. The van der Waals surface area contributed by atoms with Gasteiger partial charge in [-0.2, -0.15) is 0 Å². The first-order chi connectivity index (χ1) is 10.1. The number of halogens is 2. The fraction of sp³-hybridized carbons (Fsp3) is 0.0625. The lowest BCUT2D eigenvalue weighted by atomic mass is 10.1. The van der Waals surface area contributed by atoms with E-state index in [0.29, 0.717) is 28.5 Å². The number of nitrogens with two attached hydrogens (primary N) is 1. The van der Waals surface area contributed by atoms with Gasteiger partial charge >= 0.3 is 0 Å². The summed E-state index contributed by atoms with van der Waals surface area (Å²) in [6.45, 7) is 0.476. The highest BCUT2D eigenvalue weighted by Gasteiger charge is 2.11. The summed E-state index contributed by atoms with van der Waals surface area (Å²) in [5, 5.41) is 4.49. The molecule has 3 N–H and O–H groups in total. The second-order valence-electron chi connectivity index (χ2n) is 4.70. The topological polar surface area (TPSA) is 50.9 Å². The van der Waals surface area contributed by atoms with E-state index in [-0.39, 0.29) is 0 Å². The Bertz CT molecular complexity index is 787. The maximum atomic E-state index is 14.1. The molecule has 21 heavy (non-hydrogen) atoms. The van der Waals surface area contributed by atoms with Crippen molar-refractivity contribution in [1.82, 2.24) is 4.98 Å². The molecule has 5 heteroatoms. The molecule has 3 rings (SSSR count). The van der Waals surface area contributed by atoms with Crippen LogP contribution in [0, 0.1) is 5.82 Å². The quantitative estimate of drug-likeness (QED) is 0.712. The predicted molar refractivity (Wildman–Crippen MR) is 84.9 cm³/mol. The lowest BCUT2D eigenvalue weighted by Crippen LogP contribution is -2.04. The van der Waals surface area contributed by atoms with Gasteiger partial charge in [-0.1, -0.05) is 23.7 Å². The van der Waals surface area contributed by atoms with Crippen molar-refractivity contribution in [2.75, 3.05) is 11.1 Å². The van der Waals surface area contributed by atoms with Gasteiger partial charge in [0, 0.05) is 28.8 Å². The summed E-state index contributed by atoms with van der Waals surface area (Å²) < 4.78 is 14.1. The lowest BCUT2D eigenvalue weighted by molar-refractivity contribution is 0.632. The van der Waals surface area contributed by atoms with Gasteiger partial charge in [-0.3, -0.25) is 4.98 Å². The van der Waals surface area contributed by atoms with Crippen molar-refractivity contribution in [2.45, 2.75) is 6.54 Å². The van der Waals surface area contributed by atoms with Crippen molar-refractivity contribution in [2.24, 2.45) is 0 Å². The van der Waals surface area contributed by atoms with E-state index >= 15 is 0 Å². The molecule has 0 aliphatic heterocycles. The average molecular weight is 302 g/mol. The van der Waals surface area contributed by atoms with E-state index < -0.39 is 5.82 Å². The van der Waals surface area contributed by atoms with E-state index in [1.165, 1.54) is 6.07 Å². The number of nitrogens with zero attached hydrogens (tertiary/aromatic N) is 1. The molecule has 0 fully saturated rings. The third kappa shape index (κ3) is 2.76. The third-order valence-electron chi connectivity index (χ3n) is 3.26. The summed E-state index contributed by atoms with van der Waals surface area (Å²) >= 11 is 5.85. The van der Waals surface area contributed by atoms with E-state index in [1.54, 1.807) is 24.4 Å². The largest absolute Gasteiger partial charge is 0.398 e. The number of hydrogen-bond donors (Lipinski definition) is 2. The van der Waals surface area contributed by atoms with Gasteiger partial charge in [0.25, 0.3) is 0 Å². The summed E-state index contributed by atoms with van der Waals surface area (Å²) in [6, 6.07) is 12.3. The molecule has 106 valence electrons. The highest BCUT2D eigenvalue weighted by molar-refractivity contribution is 6.30. The minimum absolute atomic E-state index is 0.356. The Morgan fingerprint density at radius 1 is 1.19 bits per heavy atom. The van der Waals surface area contributed by atoms with Crippen LogP contribution in [0.3, 0.4) is 0 Å². The normalized spacial score (nSPS) is 10.8. The first kappa shape index (κ1) is 13.6. The van der Waals surface area contributed by atoms with Gasteiger partial charge in [0.1, 0.15) is 0 Å². The second kappa shape index (κ2) is 5.58. The molecule has 0 aliphatic carbocycles. The van der Waals surface area contributed by atoms with Crippen LogP contribution in [-0.2, 0) is 6.54 Å². The Balaban J connectivity index is 1.95. The first-order valence-corrected chi connectivity index (χ1v) is 6.84. The molecule has 1 aromatic heterocycles. The van der Waals surface area contributed by atoms with E-state index in [0.717, 1.165) is 10.9 Å². The first-order valence-electron chi connectivity index (χ1n) is 6.46. The van der Waals surface area contributed by atoms with Crippen LogP contribution in [0.1, 0.15) is 5.56 Å². The van der Waals surface area contributed by atoms with Crippen LogP contribution in [0.15, 0.2) is 48.7 Å².